The molecule has 1 saturated heterocycles. The first-order chi connectivity index (χ1) is 8.61. The Morgan fingerprint density at radius 2 is 2.22 bits per heavy atom. The summed E-state index contributed by atoms with van der Waals surface area (Å²) in [6.45, 7) is 1.39. The van der Waals surface area contributed by atoms with Crippen molar-refractivity contribution in [1.82, 2.24) is 9.88 Å². The summed E-state index contributed by atoms with van der Waals surface area (Å²) in [4.78, 5) is 18.1. The van der Waals surface area contributed by atoms with E-state index < -0.39 is 0 Å². The number of pyridine rings is 1. The zero-order valence-corrected chi connectivity index (χ0v) is 12.4. The average Bonchev–Trinajstić information content (AvgIpc) is 2.41. The van der Waals surface area contributed by atoms with Gasteiger partial charge in [0.2, 0.25) is 0 Å². The molecule has 98 valence electrons. The largest absolute Gasteiger partial charge is 0.381 e. The van der Waals surface area contributed by atoms with Crippen molar-refractivity contribution in [2.24, 2.45) is 0 Å². The molecule has 2 rings (SSSR count). The smallest absolute Gasteiger partial charge is 0.257 e. The average molecular weight is 334 g/mol. The molecule has 6 heteroatoms. The Bertz CT molecular complexity index is 448. The standard InChI is InChI=1S/C12H14BrClN2O2/c1-18-9-2-4-16(5-3-9)12(17)10-6-8(13)7-15-11(10)14/h6-7,9H,2-5H2,1H3. The second kappa shape index (κ2) is 5.99. The second-order valence-electron chi connectivity index (χ2n) is 4.22. The molecule has 1 aromatic rings. The van der Waals surface area contributed by atoms with Crippen LogP contribution in [0.1, 0.15) is 23.2 Å². The number of rotatable bonds is 2. The lowest BCUT2D eigenvalue weighted by molar-refractivity contribution is 0.0350. The van der Waals surface area contributed by atoms with Crippen LogP contribution in [0.15, 0.2) is 16.7 Å². The van der Waals surface area contributed by atoms with E-state index in [1.807, 2.05) is 0 Å². The van der Waals surface area contributed by atoms with E-state index in [1.54, 1.807) is 24.3 Å². The number of methoxy groups -OCH3 is 1. The van der Waals surface area contributed by atoms with E-state index in [9.17, 15) is 4.79 Å². The molecule has 0 unspecified atom stereocenters. The number of carbonyl (C=O) groups is 1. The van der Waals surface area contributed by atoms with E-state index in [-0.39, 0.29) is 17.2 Å². The molecule has 1 amide bonds. The van der Waals surface area contributed by atoms with Crippen LogP contribution in [-0.2, 0) is 4.74 Å². The van der Waals surface area contributed by atoms with Crippen molar-refractivity contribution in [2.45, 2.75) is 18.9 Å². The molecule has 1 aromatic heterocycles. The van der Waals surface area contributed by atoms with E-state index in [2.05, 4.69) is 20.9 Å². The fourth-order valence-electron chi connectivity index (χ4n) is 2.04. The van der Waals surface area contributed by atoms with E-state index >= 15 is 0 Å². The molecule has 18 heavy (non-hydrogen) atoms. The molecule has 0 bridgehead atoms. The molecule has 0 aliphatic carbocycles. The van der Waals surface area contributed by atoms with Crippen molar-refractivity contribution in [2.75, 3.05) is 20.2 Å². The zero-order valence-electron chi connectivity index (χ0n) is 10.0. The topological polar surface area (TPSA) is 42.4 Å². The third kappa shape index (κ3) is 3.02. The third-order valence-corrected chi connectivity index (χ3v) is 3.83. The number of hydrogen-bond acceptors (Lipinski definition) is 3. The Morgan fingerprint density at radius 1 is 1.56 bits per heavy atom. The number of piperidine rings is 1. The number of amides is 1. The molecule has 4 nitrogen and oxygen atoms in total. The lowest BCUT2D eigenvalue weighted by atomic mass is 10.1. The number of aromatic nitrogens is 1. The van der Waals surface area contributed by atoms with Crippen LogP contribution in [0.3, 0.4) is 0 Å². The van der Waals surface area contributed by atoms with Gasteiger partial charge in [-0.2, -0.15) is 0 Å². The Balaban J connectivity index is 2.10. The van der Waals surface area contributed by atoms with Gasteiger partial charge < -0.3 is 9.64 Å². The molecular formula is C12H14BrClN2O2. The van der Waals surface area contributed by atoms with Gasteiger partial charge in [-0.3, -0.25) is 4.79 Å². The molecule has 0 radical (unpaired) electrons. The minimum atomic E-state index is -0.0663. The summed E-state index contributed by atoms with van der Waals surface area (Å²) in [7, 11) is 1.71. The van der Waals surface area contributed by atoms with Gasteiger partial charge in [0.25, 0.3) is 5.91 Å². The molecule has 2 heterocycles. The summed E-state index contributed by atoms with van der Waals surface area (Å²) < 4.78 is 6.04. The van der Waals surface area contributed by atoms with Gasteiger partial charge in [0.05, 0.1) is 11.7 Å². The van der Waals surface area contributed by atoms with Crippen molar-refractivity contribution < 1.29 is 9.53 Å². The van der Waals surface area contributed by atoms with Gasteiger partial charge in [-0.05, 0) is 34.8 Å². The van der Waals surface area contributed by atoms with Gasteiger partial charge in [-0.1, -0.05) is 11.6 Å². The maximum absolute atomic E-state index is 12.3. The van der Waals surface area contributed by atoms with Crippen LogP contribution in [0.5, 0.6) is 0 Å². The van der Waals surface area contributed by atoms with Crippen LogP contribution < -0.4 is 0 Å². The maximum atomic E-state index is 12.3. The van der Waals surface area contributed by atoms with Crippen LogP contribution in [0.4, 0.5) is 0 Å². The summed E-state index contributed by atoms with van der Waals surface area (Å²) in [6, 6.07) is 1.71. The van der Waals surface area contributed by atoms with Crippen molar-refractivity contribution in [3.8, 4) is 0 Å². The first kappa shape index (κ1) is 13.8. The molecule has 1 aliphatic heterocycles. The highest BCUT2D eigenvalue weighted by Crippen LogP contribution is 2.22. The lowest BCUT2D eigenvalue weighted by Crippen LogP contribution is -2.40. The Morgan fingerprint density at radius 3 is 2.83 bits per heavy atom. The summed E-state index contributed by atoms with van der Waals surface area (Å²) in [6.07, 6.45) is 3.56. The fraction of sp³-hybridized carbons (Fsp3) is 0.500. The summed E-state index contributed by atoms with van der Waals surface area (Å²) in [5.41, 5.74) is 0.446. The Labute approximate surface area is 119 Å². The predicted molar refractivity (Wildman–Crippen MR) is 72.9 cm³/mol. The number of ether oxygens (including phenoxy) is 1. The fourth-order valence-corrected chi connectivity index (χ4v) is 2.55. The number of carbonyl (C=O) groups excluding carboxylic acids is 1. The van der Waals surface area contributed by atoms with Crippen LogP contribution in [0.2, 0.25) is 5.15 Å². The quantitative estimate of drug-likeness (QED) is 0.782. The molecule has 0 aromatic carbocycles. The van der Waals surface area contributed by atoms with E-state index in [1.165, 1.54) is 0 Å². The van der Waals surface area contributed by atoms with Crippen LogP contribution in [0.25, 0.3) is 0 Å². The van der Waals surface area contributed by atoms with Crippen molar-refractivity contribution in [3.63, 3.8) is 0 Å². The maximum Gasteiger partial charge on any atom is 0.257 e. The Kier molecular flexibility index (Phi) is 4.59. The predicted octanol–water partition coefficient (Wildman–Crippen LogP) is 2.75. The second-order valence-corrected chi connectivity index (χ2v) is 5.49. The normalized spacial score (nSPS) is 16.9. The Hall–Kier alpha value is -0.650. The molecule has 0 atom stereocenters. The highest BCUT2D eigenvalue weighted by Gasteiger charge is 2.25. The van der Waals surface area contributed by atoms with E-state index in [4.69, 9.17) is 16.3 Å². The lowest BCUT2D eigenvalue weighted by Gasteiger charge is -2.31. The monoisotopic (exact) mass is 332 g/mol. The van der Waals surface area contributed by atoms with Gasteiger partial charge in [0, 0.05) is 30.9 Å². The first-order valence-electron chi connectivity index (χ1n) is 5.75. The third-order valence-electron chi connectivity index (χ3n) is 3.10. The molecule has 0 spiro atoms. The van der Waals surface area contributed by atoms with Gasteiger partial charge in [-0.25, -0.2) is 4.98 Å². The van der Waals surface area contributed by atoms with E-state index in [0.29, 0.717) is 18.7 Å². The summed E-state index contributed by atoms with van der Waals surface area (Å²) in [5, 5.41) is 0.247. The van der Waals surface area contributed by atoms with Gasteiger partial charge in [0.1, 0.15) is 5.15 Å². The van der Waals surface area contributed by atoms with Crippen LogP contribution >= 0.6 is 27.5 Å². The molecule has 1 fully saturated rings. The minimum absolute atomic E-state index is 0.0663. The van der Waals surface area contributed by atoms with Crippen molar-refractivity contribution >= 4 is 33.4 Å². The van der Waals surface area contributed by atoms with Crippen LogP contribution in [-0.4, -0.2) is 42.1 Å². The number of likely N-dealkylation sites (tertiary alicyclic amines) is 1. The first-order valence-corrected chi connectivity index (χ1v) is 6.92. The van der Waals surface area contributed by atoms with Gasteiger partial charge >= 0.3 is 0 Å². The summed E-state index contributed by atoms with van der Waals surface area (Å²) in [5.74, 6) is -0.0663. The summed E-state index contributed by atoms with van der Waals surface area (Å²) >= 11 is 9.26. The molecule has 0 saturated carbocycles. The molecule has 0 N–H and O–H groups in total. The number of hydrogen-bond donors (Lipinski definition) is 0. The minimum Gasteiger partial charge on any atom is -0.381 e. The SMILES string of the molecule is COC1CCN(C(=O)c2cc(Br)cnc2Cl)CC1. The highest BCUT2D eigenvalue weighted by molar-refractivity contribution is 9.10. The van der Waals surface area contributed by atoms with Crippen molar-refractivity contribution in [3.05, 3.63) is 27.5 Å². The number of nitrogens with zero attached hydrogens (tertiary/aromatic N) is 2. The van der Waals surface area contributed by atoms with Crippen LogP contribution in [0, 0.1) is 0 Å². The van der Waals surface area contributed by atoms with Gasteiger partial charge in [-0.15, -0.1) is 0 Å². The van der Waals surface area contributed by atoms with Crippen molar-refractivity contribution in [1.29, 1.82) is 0 Å². The van der Waals surface area contributed by atoms with Gasteiger partial charge in [0.15, 0.2) is 0 Å². The molecule has 1 aliphatic rings. The molecular weight excluding hydrogens is 320 g/mol. The van der Waals surface area contributed by atoms with E-state index in [0.717, 1.165) is 17.3 Å². The number of halogens is 2. The zero-order chi connectivity index (χ0) is 13.1. The highest BCUT2D eigenvalue weighted by atomic mass is 79.9.